The second-order valence-corrected chi connectivity index (χ2v) is 5.46. The smallest absolute Gasteiger partial charge is 0.160 e. The van der Waals surface area contributed by atoms with Gasteiger partial charge in [0.15, 0.2) is 11.5 Å². The van der Waals surface area contributed by atoms with E-state index < -0.39 is 0 Å². The van der Waals surface area contributed by atoms with E-state index in [1.54, 1.807) is 0 Å². The van der Waals surface area contributed by atoms with E-state index in [1.165, 1.54) is 19.3 Å². The third kappa shape index (κ3) is 2.38. The van der Waals surface area contributed by atoms with Gasteiger partial charge in [0.1, 0.15) is 0 Å². The summed E-state index contributed by atoms with van der Waals surface area (Å²) in [6.07, 6.45) is 6.12. The number of fused-ring (bicyclic) bond motifs is 1. The van der Waals surface area contributed by atoms with Crippen LogP contribution in [0.5, 0.6) is 0 Å². The summed E-state index contributed by atoms with van der Waals surface area (Å²) in [5.74, 6) is 1.95. The minimum absolute atomic E-state index is 0.233. The molecule has 0 spiro atoms. The molecule has 2 atom stereocenters. The summed E-state index contributed by atoms with van der Waals surface area (Å²) in [4.78, 5) is 0. The molecule has 1 N–H and O–H groups in total. The molecule has 1 aliphatic carbocycles. The van der Waals surface area contributed by atoms with Crippen molar-refractivity contribution in [2.75, 3.05) is 0 Å². The maximum absolute atomic E-state index is 4.29. The molecule has 18 heavy (non-hydrogen) atoms. The average Bonchev–Trinajstić information content (AvgIpc) is 3.06. The molecule has 0 amide bonds. The Bertz CT molecular complexity index is 529. The molecule has 4 heteroatoms. The molecule has 0 bridgehead atoms. The number of hydrogen-bond acceptors (Lipinski definition) is 3. The van der Waals surface area contributed by atoms with Crippen molar-refractivity contribution in [3.8, 4) is 0 Å². The van der Waals surface area contributed by atoms with Gasteiger partial charge in [-0.3, -0.25) is 4.40 Å². The summed E-state index contributed by atoms with van der Waals surface area (Å²) < 4.78 is 2.06. The van der Waals surface area contributed by atoms with Gasteiger partial charge in [-0.2, -0.15) is 0 Å². The molecule has 2 aromatic rings. The Labute approximate surface area is 107 Å². The molecule has 96 valence electrons. The Hall–Kier alpha value is -1.42. The predicted octanol–water partition coefficient (Wildman–Crippen LogP) is 2.57. The van der Waals surface area contributed by atoms with Crippen LogP contribution in [0.1, 0.15) is 45.0 Å². The van der Waals surface area contributed by atoms with E-state index in [4.69, 9.17) is 0 Å². The highest BCUT2D eigenvalue weighted by Gasteiger charge is 2.24. The van der Waals surface area contributed by atoms with Gasteiger partial charge in [0.25, 0.3) is 0 Å². The molecule has 1 saturated carbocycles. The molecule has 1 fully saturated rings. The SMILES string of the molecule is CC(CC1CC1)NC(C)c1nnc2ccccn12. The van der Waals surface area contributed by atoms with E-state index in [9.17, 15) is 0 Å². The second-order valence-electron chi connectivity index (χ2n) is 5.46. The molecule has 2 aromatic heterocycles. The maximum atomic E-state index is 4.29. The number of aromatic nitrogens is 3. The van der Waals surface area contributed by atoms with Gasteiger partial charge in [-0.05, 0) is 38.3 Å². The molecule has 3 rings (SSSR count). The van der Waals surface area contributed by atoms with Crippen molar-refractivity contribution in [3.63, 3.8) is 0 Å². The number of pyridine rings is 1. The Balaban J connectivity index is 1.72. The first kappa shape index (κ1) is 11.7. The van der Waals surface area contributed by atoms with Crippen LogP contribution in [0.2, 0.25) is 0 Å². The molecular weight excluding hydrogens is 224 g/mol. The maximum Gasteiger partial charge on any atom is 0.160 e. The van der Waals surface area contributed by atoms with Crippen molar-refractivity contribution in [2.45, 2.75) is 45.2 Å². The number of nitrogens with zero attached hydrogens (tertiary/aromatic N) is 3. The van der Waals surface area contributed by atoms with Crippen molar-refractivity contribution in [2.24, 2.45) is 5.92 Å². The van der Waals surface area contributed by atoms with Crippen LogP contribution in [0, 0.1) is 5.92 Å². The third-order valence-corrected chi connectivity index (χ3v) is 3.65. The molecule has 0 radical (unpaired) electrons. The minimum atomic E-state index is 0.233. The first-order valence-corrected chi connectivity index (χ1v) is 6.80. The highest BCUT2D eigenvalue weighted by Crippen LogP contribution is 2.33. The number of nitrogens with one attached hydrogen (secondary N) is 1. The summed E-state index contributed by atoms with van der Waals surface area (Å²) >= 11 is 0. The Kier molecular flexibility index (Phi) is 3.04. The summed E-state index contributed by atoms with van der Waals surface area (Å²) in [6, 6.07) is 6.76. The van der Waals surface area contributed by atoms with E-state index in [2.05, 4.69) is 33.8 Å². The molecule has 1 aliphatic rings. The Morgan fingerprint density at radius 3 is 2.94 bits per heavy atom. The topological polar surface area (TPSA) is 42.2 Å². The number of rotatable bonds is 5. The van der Waals surface area contributed by atoms with Crippen molar-refractivity contribution in [1.29, 1.82) is 0 Å². The van der Waals surface area contributed by atoms with Gasteiger partial charge in [0, 0.05) is 12.2 Å². The zero-order chi connectivity index (χ0) is 12.5. The molecular formula is C14H20N4. The third-order valence-electron chi connectivity index (χ3n) is 3.65. The van der Waals surface area contributed by atoms with Gasteiger partial charge in [-0.15, -0.1) is 10.2 Å². The fraction of sp³-hybridized carbons (Fsp3) is 0.571. The Morgan fingerprint density at radius 1 is 1.33 bits per heavy atom. The van der Waals surface area contributed by atoms with Crippen LogP contribution in [0.15, 0.2) is 24.4 Å². The van der Waals surface area contributed by atoms with Gasteiger partial charge in [0.05, 0.1) is 6.04 Å². The summed E-state index contributed by atoms with van der Waals surface area (Å²) in [5.41, 5.74) is 0.913. The first-order chi connectivity index (χ1) is 8.74. The summed E-state index contributed by atoms with van der Waals surface area (Å²) in [5, 5.41) is 12.1. The van der Waals surface area contributed by atoms with Gasteiger partial charge in [-0.1, -0.05) is 18.9 Å². The molecule has 0 saturated heterocycles. The molecule has 0 aliphatic heterocycles. The normalized spacial score (nSPS) is 19.0. The van der Waals surface area contributed by atoms with E-state index >= 15 is 0 Å². The second kappa shape index (κ2) is 4.69. The van der Waals surface area contributed by atoms with Crippen LogP contribution < -0.4 is 5.32 Å². The standard InChI is InChI=1S/C14H20N4/c1-10(9-12-6-7-12)15-11(2)14-17-16-13-5-3-4-8-18(13)14/h3-5,8,10-12,15H,6-7,9H2,1-2H3. The fourth-order valence-electron chi connectivity index (χ4n) is 2.58. The van der Waals surface area contributed by atoms with Gasteiger partial charge >= 0.3 is 0 Å². The van der Waals surface area contributed by atoms with Crippen LogP contribution in [-0.2, 0) is 0 Å². The Morgan fingerprint density at radius 2 is 2.17 bits per heavy atom. The van der Waals surface area contributed by atoms with Crippen molar-refractivity contribution < 1.29 is 0 Å². The van der Waals surface area contributed by atoms with Crippen LogP contribution in [0.25, 0.3) is 5.65 Å². The summed E-state index contributed by atoms with van der Waals surface area (Å²) in [7, 11) is 0. The van der Waals surface area contributed by atoms with Crippen LogP contribution in [-0.4, -0.2) is 20.6 Å². The van der Waals surface area contributed by atoms with Gasteiger partial charge < -0.3 is 5.32 Å². The molecule has 2 unspecified atom stereocenters. The largest absolute Gasteiger partial charge is 0.305 e. The first-order valence-electron chi connectivity index (χ1n) is 6.80. The molecule has 2 heterocycles. The average molecular weight is 244 g/mol. The highest BCUT2D eigenvalue weighted by atomic mass is 15.3. The molecule has 0 aromatic carbocycles. The summed E-state index contributed by atoms with van der Waals surface area (Å²) in [6.45, 7) is 4.42. The quantitative estimate of drug-likeness (QED) is 0.879. The lowest BCUT2D eigenvalue weighted by Gasteiger charge is -2.18. The van der Waals surface area contributed by atoms with Crippen molar-refractivity contribution in [3.05, 3.63) is 30.2 Å². The lowest BCUT2D eigenvalue weighted by Crippen LogP contribution is -2.30. The zero-order valence-electron chi connectivity index (χ0n) is 11.0. The lowest BCUT2D eigenvalue weighted by molar-refractivity contribution is 0.425. The van der Waals surface area contributed by atoms with E-state index in [1.807, 2.05) is 24.4 Å². The van der Waals surface area contributed by atoms with Gasteiger partial charge in [0.2, 0.25) is 0 Å². The number of hydrogen-bond donors (Lipinski definition) is 1. The molecule has 4 nitrogen and oxygen atoms in total. The van der Waals surface area contributed by atoms with Crippen LogP contribution >= 0.6 is 0 Å². The van der Waals surface area contributed by atoms with E-state index in [0.717, 1.165) is 17.4 Å². The van der Waals surface area contributed by atoms with Crippen LogP contribution in [0.3, 0.4) is 0 Å². The lowest BCUT2D eigenvalue weighted by atomic mass is 10.1. The monoisotopic (exact) mass is 244 g/mol. The van der Waals surface area contributed by atoms with E-state index in [0.29, 0.717) is 6.04 Å². The predicted molar refractivity (Wildman–Crippen MR) is 71.3 cm³/mol. The zero-order valence-corrected chi connectivity index (χ0v) is 11.0. The van der Waals surface area contributed by atoms with Crippen molar-refractivity contribution >= 4 is 5.65 Å². The van der Waals surface area contributed by atoms with E-state index in [-0.39, 0.29) is 6.04 Å². The van der Waals surface area contributed by atoms with Gasteiger partial charge in [-0.25, -0.2) is 0 Å². The van der Waals surface area contributed by atoms with Crippen LogP contribution in [0.4, 0.5) is 0 Å². The highest BCUT2D eigenvalue weighted by molar-refractivity contribution is 5.37. The minimum Gasteiger partial charge on any atom is -0.305 e. The van der Waals surface area contributed by atoms with Crippen molar-refractivity contribution in [1.82, 2.24) is 19.9 Å². The fourth-order valence-corrected chi connectivity index (χ4v) is 2.58.